The maximum Gasteiger partial charge on any atom is 0.422 e. The summed E-state index contributed by atoms with van der Waals surface area (Å²) >= 11 is 0. The van der Waals surface area contributed by atoms with E-state index >= 15 is 0 Å². The van der Waals surface area contributed by atoms with Crippen LogP contribution in [0.5, 0.6) is 0 Å². The number of esters is 2. The third-order valence-electron chi connectivity index (χ3n) is 7.04. The lowest BCUT2D eigenvalue weighted by molar-refractivity contribution is -0.238. The Bertz CT molecular complexity index is 1580. The zero-order chi connectivity index (χ0) is 27.1. The molecule has 0 bridgehead atoms. The first-order valence-electron chi connectivity index (χ1n) is 12.8. The summed E-state index contributed by atoms with van der Waals surface area (Å²) < 4.78 is 20.4. The fraction of sp³-hybridized carbons (Fsp3) is 0.440. The number of carbonyl (C=O) groups excluding carboxylic acids is 2. The smallest absolute Gasteiger partial charge is 0.422 e. The lowest BCUT2D eigenvalue weighted by Gasteiger charge is -2.36. The van der Waals surface area contributed by atoms with Gasteiger partial charge in [-0.15, -0.1) is 4.68 Å². The van der Waals surface area contributed by atoms with Crippen LogP contribution in [0.2, 0.25) is 0 Å². The van der Waals surface area contributed by atoms with Crippen LogP contribution in [0.15, 0.2) is 45.6 Å². The van der Waals surface area contributed by atoms with Crippen LogP contribution in [-0.4, -0.2) is 71.9 Å². The summed E-state index contributed by atoms with van der Waals surface area (Å²) in [5.41, 5.74) is 1.25. The van der Waals surface area contributed by atoms with E-state index in [2.05, 4.69) is 20.3 Å². The van der Waals surface area contributed by atoms with Gasteiger partial charge in [-0.3, -0.25) is 4.90 Å². The molecule has 5 heterocycles. The van der Waals surface area contributed by atoms with Gasteiger partial charge in [0.2, 0.25) is 5.95 Å². The number of nitrogens with one attached hydrogen (secondary N) is 1. The number of ether oxygens (including phenoxy) is 2. The second kappa shape index (κ2) is 9.69. The van der Waals surface area contributed by atoms with Crippen molar-refractivity contribution in [3.63, 3.8) is 0 Å². The number of piperidine rings is 1. The molecule has 1 aromatic carbocycles. The SMILES string of the molecule is CCn1nnn(C2(CN3CCC(Nc4nc5ccccc5n4Cc4ccc(C)o4)CC3)OC(=O)C(=O)O2)c1=O. The normalized spacial score (nSPS) is 18.0. The van der Waals surface area contributed by atoms with Crippen LogP contribution in [0, 0.1) is 6.92 Å². The van der Waals surface area contributed by atoms with Gasteiger partial charge in [-0.2, -0.15) is 4.68 Å². The lowest BCUT2D eigenvalue weighted by atomic mass is 10.1. The molecule has 14 nitrogen and oxygen atoms in total. The average molecular weight is 537 g/mol. The van der Waals surface area contributed by atoms with E-state index in [0.29, 0.717) is 19.6 Å². The molecule has 2 fully saturated rings. The fourth-order valence-corrected chi connectivity index (χ4v) is 5.07. The number of furan rings is 1. The molecule has 0 saturated carbocycles. The zero-order valence-electron chi connectivity index (χ0n) is 21.6. The van der Waals surface area contributed by atoms with E-state index in [1.807, 2.05) is 48.2 Å². The largest absolute Gasteiger partial charge is 0.464 e. The zero-order valence-corrected chi connectivity index (χ0v) is 21.6. The van der Waals surface area contributed by atoms with Crippen molar-refractivity contribution in [3.8, 4) is 0 Å². The minimum Gasteiger partial charge on any atom is -0.464 e. The molecular weight excluding hydrogens is 508 g/mol. The molecule has 1 N–H and O–H groups in total. The first-order valence-corrected chi connectivity index (χ1v) is 12.8. The second-order valence-corrected chi connectivity index (χ2v) is 9.70. The van der Waals surface area contributed by atoms with Gasteiger partial charge in [0.1, 0.15) is 18.1 Å². The number of nitrogens with zero attached hydrogens (tertiary/aromatic N) is 7. The van der Waals surface area contributed by atoms with Crippen LogP contribution in [0.4, 0.5) is 5.95 Å². The summed E-state index contributed by atoms with van der Waals surface area (Å²) in [5.74, 6) is -1.89. The molecule has 0 unspecified atom stereocenters. The molecule has 6 rings (SSSR count). The summed E-state index contributed by atoms with van der Waals surface area (Å²) in [4.78, 5) is 43.5. The molecule has 0 radical (unpaired) electrons. The number of cyclic esters (lactones) is 2. The number of hydrogen-bond acceptors (Lipinski definition) is 11. The van der Waals surface area contributed by atoms with Gasteiger partial charge in [0.25, 0.3) is 0 Å². The fourth-order valence-electron chi connectivity index (χ4n) is 5.07. The number of anilines is 1. The maximum atomic E-state index is 12.7. The first-order chi connectivity index (χ1) is 18.8. The Morgan fingerprint density at radius 3 is 2.44 bits per heavy atom. The Kier molecular flexibility index (Phi) is 6.17. The molecule has 2 saturated heterocycles. The lowest BCUT2D eigenvalue weighted by Crippen LogP contribution is -2.53. The molecule has 2 aliphatic rings. The van der Waals surface area contributed by atoms with Crippen molar-refractivity contribution in [1.82, 2.24) is 34.2 Å². The predicted molar refractivity (Wildman–Crippen MR) is 135 cm³/mol. The van der Waals surface area contributed by atoms with Crippen molar-refractivity contribution < 1.29 is 23.5 Å². The minimum atomic E-state index is -1.99. The van der Waals surface area contributed by atoms with E-state index in [1.165, 1.54) is 0 Å². The van der Waals surface area contributed by atoms with Crippen LogP contribution in [0.1, 0.15) is 31.3 Å². The number of likely N-dealkylation sites (tertiary alicyclic amines) is 1. The third-order valence-corrected chi connectivity index (χ3v) is 7.04. The molecule has 0 atom stereocenters. The van der Waals surface area contributed by atoms with Crippen LogP contribution in [-0.2, 0) is 38.1 Å². The molecular formula is C25H28N8O6. The predicted octanol–water partition coefficient (Wildman–Crippen LogP) is 1.05. The highest BCUT2D eigenvalue weighted by Gasteiger charge is 2.54. The highest BCUT2D eigenvalue weighted by molar-refractivity contribution is 6.31. The van der Waals surface area contributed by atoms with Crippen molar-refractivity contribution in [3.05, 3.63) is 58.4 Å². The van der Waals surface area contributed by atoms with E-state index in [4.69, 9.17) is 18.9 Å². The number of carbonyl (C=O) groups is 2. The van der Waals surface area contributed by atoms with E-state index < -0.39 is 23.5 Å². The third kappa shape index (κ3) is 4.56. The standard InChI is InChI=1S/C25H28N8O6/c1-3-32-24(36)33(29-28-32)25(38-21(34)22(35)39-25)15-30-12-10-17(11-13-30)26-23-27-19-6-4-5-7-20(19)31(23)14-18-9-8-16(2)37-18/h4-9,17H,3,10-15H2,1-2H3,(H,26,27). The van der Waals surface area contributed by atoms with Gasteiger partial charge in [-0.05, 0) is 61.4 Å². The Morgan fingerprint density at radius 2 is 1.77 bits per heavy atom. The topological polar surface area (TPSA) is 152 Å². The van der Waals surface area contributed by atoms with Crippen molar-refractivity contribution in [1.29, 1.82) is 0 Å². The van der Waals surface area contributed by atoms with Crippen LogP contribution < -0.4 is 11.0 Å². The molecule has 4 aromatic rings. The summed E-state index contributed by atoms with van der Waals surface area (Å²) in [7, 11) is 0. The number of hydrogen-bond donors (Lipinski definition) is 1. The number of rotatable bonds is 8. The molecule has 0 amide bonds. The number of imidazole rings is 1. The summed E-state index contributed by atoms with van der Waals surface area (Å²) in [6, 6.07) is 12.0. The van der Waals surface area contributed by atoms with Crippen molar-refractivity contribution in [2.24, 2.45) is 0 Å². The minimum absolute atomic E-state index is 0.0458. The second-order valence-electron chi connectivity index (χ2n) is 9.70. The van der Waals surface area contributed by atoms with Gasteiger partial charge >= 0.3 is 23.5 Å². The van der Waals surface area contributed by atoms with Crippen molar-refractivity contribution in [2.75, 3.05) is 25.0 Å². The number of benzene rings is 1. The Labute approximate surface area is 222 Å². The molecule has 204 valence electrons. The van der Waals surface area contributed by atoms with Gasteiger partial charge in [-0.25, -0.2) is 19.4 Å². The van der Waals surface area contributed by atoms with Crippen LogP contribution in [0.3, 0.4) is 0 Å². The van der Waals surface area contributed by atoms with Gasteiger partial charge in [0.15, 0.2) is 0 Å². The average Bonchev–Trinajstić information content (AvgIpc) is 3.67. The van der Waals surface area contributed by atoms with Crippen LogP contribution in [0.25, 0.3) is 11.0 Å². The number of tetrazole rings is 1. The highest BCUT2D eigenvalue weighted by Crippen LogP contribution is 2.29. The summed E-state index contributed by atoms with van der Waals surface area (Å²) in [5, 5.41) is 11.2. The van der Waals surface area contributed by atoms with E-state index in [1.54, 1.807) is 6.92 Å². The molecule has 2 aliphatic heterocycles. The number of fused-ring (bicyclic) bond motifs is 1. The number of para-hydroxylation sites is 2. The monoisotopic (exact) mass is 536 g/mol. The summed E-state index contributed by atoms with van der Waals surface area (Å²) in [6.45, 7) is 5.57. The van der Waals surface area contributed by atoms with Gasteiger partial charge in [-0.1, -0.05) is 12.1 Å². The quantitative estimate of drug-likeness (QED) is 0.254. The van der Waals surface area contributed by atoms with E-state index in [-0.39, 0.29) is 19.1 Å². The summed E-state index contributed by atoms with van der Waals surface area (Å²) in [6.07, 6.45) is 1.47. The van der Waals surface area contributed by atoms with E-state index in [9.17, 15) is 14.4 Å². The molecule has 0 spiro atoms. The molecule has 14 heteroatoms. The number of aryl methyl sites for hydroxylation is 2. The van der Waals surface area contributed by atoms with Crippen molar-refractivity contribution >= 4 is 28.9 Å². The Hall–Kier alpha value is -4.46. The maximum absolute atomic E-state index is 12.7. The van der Waals surface area contributed by atoms with Gasteiger partial charge in [0.05, 0.1) is 17.6 Å². The number of aromatic nitrogens is 6. The van der Waals surface area contributed by atoms with Gasteiger partial charge < -0.3 is 23.8 Å². The highest BCUT2D eigenvalue weighted by atomic mass is 16.8. The van der Waals surface area contributed by atoms with E-state index in [0.717, 1.165) is 50.7 Å². The Balaban J connectivity index is 1.17. The Morgan fingerprint density at radius 1 is 1.03 bits per heavy atom. The van der Waals surface area contributed by atoms with Crippen molar-refractivity contribution in [2.45, 2.75) is 51.7 Å². The molecule has 0 aliphatic carbocycles. The molecule has 3 aromatic heterocycles. The first kappa shape index (κ1) is 24.9. The van der Waals surface area contributed by atoms with Gasteiger partial charge in [0, 0.05) is 25.7 Å². The van der Waals surface area contributed by atoms with Crippen LogP contribution >= 0.6 is 0 Å². The molecule has 39 heavy (non-hydrogen) atoms.